The summed E-state index contributed by atoms with van der Waals surface area (Å²) in [6, 6.07) is 18.8. The number of benzene rings is 2. The number of hydrogen-bond donors (Lipinski definition) is 1. The van der Waals surface area contributed by atoms with Crippen LogP contribution in [0.4, 0.5) is 0 Å². The lowest BCUT2D eigenvalue weighted by Crippen LogP contribution is -2.32. The van der Waals surface area contributed by atoms with E-state index in [1.54, 1.807) is 11.3 Å². The van der Waals surface area contributed by atoms with Crippen LogP contribution < -0.4 is 5.32 Å². The zero-order valence-corrected chi connectivity index (χ0v) is 16.3. The van der Waals surface area contributed by atoms with Gasteiger partial charge in [0.1, 0.15) is 6.54 Å². The van der Waals surface area contributed by atoms with E-state index in [2.05, 4.69) is 20.7 Å². The Morgan fingerprint density at radius 2 is 1.82 bits per heavy atom. The maximum Gasteiger partial charge on any atom is 0.244 e. The Bertz CT molecular complexity index is 1050. The second kappa shape index (κ2) is 8.33. The number of rotatable bonds is 6. The molecule has 0 fully saturated rings. The number of nitrogens with zero attached hydrogens (tertiary/aromatic N) is 4. The zero-order valence-electron chi connectivity index (χ0n) is 14.7. The smallest absolute Gasteiger partial charge is 0.244 e. The topological polar surface area (TPSA) is 72.7 Å². The van der Waals surface area contributed by atoms with Gasteiger partial charge in [-0.25, -0.2) is 0 Å². The van der Waals surface area contributed by atoms with Crippen molar-refractivity contribution in [3.05, 3.63) is 87.6 Å². The lowest BCUT2D eigenvalue weighted by atomic mass is 9.99. The van der Waals surface area contributed by atoms with Gasteiger partial charge in [-0.1, -0.05) is 54.1 Å². The molecule has 6 nitrogen and oxygen atoms in total. The first kappa shape index (κ1) is 18.3. The van der Waals surface area contributed by atoms with Crippen molar-refractivity contribution in [1.29, 1.82) is 0 Å². The van der Waals surface area contributed by atoms with Crippen molar-refractivity contribution in [2.24, 2.45) is 0 Å². The Labute approximate surface area is 170 Å². The summed E-state index contributed by atoms with van der Waals surface area (Å²) in [5, 5.41) is 19.9. The van der Waals surface area contributed by atoms with Crippen LogP contribution in [0.5, 0.6) is 0 Å². The molecule has 0 bridgehead atoms. The molecule has 0 radical (unpaired) electrons. The van der Waals surface area contributed by atoms with E-state index in [1.807, 2.05) is 71.4 Å². The van der Waals surface area contributed by atoms with Gasteiger partial charge < -0.3 is 5.32 Å². The molecule has 0 spiro atoms. The van der Waals surface area contributed by atoms with Gasteiger partial charge in [-0.2, -0.15) is 16.1 Å². The highest BCUT2D eigenvalue weighted by Gasteiger charge is 2.18. The number of carbonyl (C=O) groups excluding carboxylic acids is 1. The first-order valence-corrected chi connectivity index (χ1v) is 9.91. The van der Waals surface area contributed by atoms with E-state index in [9.17, 15) is 4.79 Å². The highest BCUT2D eigenvalue weighted by atomic mass is 35.5. The minimum Gasteiger partial charge on any atom is -0.344 e. The van der Waals surface area contributed by atoms with E-state index in [0.717, 1.165) is 16.7 Å². The average molecular weight is 410 g/mol. The van der Waals surface area contributed by atoms with Crippen LogP contribution in [-0.4, -0.2) is 26.1 Å². The second-order valence-electron chi connectivity index (χ2n) is 6.12. The minimum absolute atomic E-state index is 0.0198. The van der Waals surface area contributed by atoms with E-state index in [4.69, 9.17) is 11.6 Å². The van der Waals surface area contributed by atoms with Gasteiger partial charge in [0.05, 0.1) is 6.04 Å². The number of carbonyl (C=O) groups is 1. The molecule has 0 saturated heterocycles. The number of thiophene rings is 1. The fraction of sp³-hybridized carbons (Fsp3) is 0.100. The molecule has 0 aliphatic rings. The number of hydrogen-bond acceptors (Lipinski definition) is 5. The maximum absolute atomic E-state index is 12.7. The van der Waals surface area contributed by atoms with Crippen LogP contribution in [0.2, 0.25) is 5.02 Å². The fourth-order valence-corrected chi connectivity index (χ4v) is 3.57. The lowest BCUT2D eigenvalue weighted by molar-refractivity contribution is -0.122. The van der Waals surface area contributed by atoms with E-state index in [0.29, 0.717) is 10.8 Å². The number of nitrogens with one attached hydrogen (secondary N) is 1. The average Bonchev–Trinajstić information content (AvgIpc) is 3.39. The van der Waals surface area contributed by atoms with Crippen molar-refractivity contribution in [3.63, 3.8) is 0 Å². The summed E-state index contributed by atoms with van der Waals surface area (Å²) >= 11 is 7.56. The van der Waals surface area contributed by atoms with Crippen molar-refractivity contribution in [2.45, 2.75) is 12.6 Å². The van der Waals surface area contributed by atoms with Crippen molar-refractivity contribution < 1.29 is 4.79 Å². The summed E-state index contributed by atoms with van der Waals surface area (Å²) in [5.74, 6) is 0.296. The largest absolute Gasteiger partial charge is 0.344 e. The molecule has 1 amide bonds. The minimum atomic E-state index is -0.300. The lowest BCUT2D eigenvalue weighted by Gasteiger charge is -2.19. The molecule has 0 saturated carbocycles. The molecule has 2 aromatic carbocycles. The molecule has 28 heavy (non-hydrogen) atoms. The van der Waals surface area contributed by atoms with Crippen LogP contribution in [0, 0.1) is 0 Å². The molecule has 0 aliphatic heterocycles. The molecular weight excluding hydrogens is 394 g/mol. The monoisotopic (exact) mass is 409 g/mol. The van der Waals surface area contributed by atoms with Crippen LogP contribution in [0.25, 0.3) is 11.4 Å². The first-order valence-electron chi connectivity index (χ1n) is 8.59. The molecular formula is C20H16ClN5OS. The Hall–Kier alpha value is -3.03. The van der Waals surface area contributed by atoms with Crippen LogP contribution in [0.1, 0.15) is 17.2 Å². The molecule has 2 heterocycles. The highest BCUT2D eigenvalue weighted by molar-refractivity contribution is 7.08. The van der Waals surface area contributed by atoms with Gasteiger partial charge in [0.2, 0.25) is 11.7 Å². The quantitative estimate of drug-likeness (QED) is 0.523. The molecule has 2 aromatic heterocycles. The number of halogens is 1. The summed E-state index contributed by atoms with van der Waals surface area (Å²) in [4.78, 5) is 14.0. The van der Waals surface area contributed by atoms with Gasteiger partial charge in [0, 0.05) is 16.0 Å². The molecule has 1 N–H and O–H groups in total. The third kappa shape index (κ3) is 4.27. The molecule has 140 valence electrons. The first-order chi connectivity index (χ1) is 13.7. The Kier molecular flexibility index (Phi) is 5.45. The van der Waals surface area contributed by atoms with Crippen LogP contribution >= 0.6 is 22.9 Å². The molecule has 1 atom stereocenters. The predicted octanol–water partition coefficient (Wildman–Crippen LogP) is 3.96. The number of tetrazole rings is 1. The van der Waals surface area contributed by atoms with E-state index in [-0.39, 0.29) is 18.5 Å². The third-order valence-corrected chi connectivity index (χ3v) is 5.09. The summed E-state index contributed by atoms with van der Waals surface area (Å²) in [5.41, 5.74) is 2.80. The van der Waals surface area contributed by atoms with E-state index < -0.39 is 0 Å². The normalized spacial score (nSPS) is 11.9. The third-order valence-electron chi connectivity index (χ3n) is 4.16. The van der Waals surface area contributed by atoms with Crippen molar-refractivity contribution in [2.75, 3.05) is 0 Å². The number of amides is 1. The summed E-state index contributed by atoms with van der Waals surface area (Å²) in [6.07, 6.45) is 0. The summed E-state index contributed by atoms with van der Waals surface area (Å²) in [6.45, 7) is -0.0198. The predicted molar refractivity (Wildman–Crippen MR) is 109 cm³/mol. The van der Waals surface area contributed by atoms with E-state index in [1.165, 1.54) is 4.80 Å². The maximum atomic E-state index is 12.7. The molecule has 0 aliphatic carbocycles. The molecule has 4 rings (SSSR count). The SMILES string of the molecule is O=C(Cn1nnc(-c2ccsc2)n1)N[C@@H](c1ccccc1)c1ccc(Cl)cc1. The van der Waals surface area contributed by atoms with Gasteiger partial charge in [0.25, 0.3) is 0 Å². The Morgan fingerprint density at radius 3 is 2.54 bits per heavy atom. The Morgan fingerprint density at radius 1 is 1.07 bits per heavy atom. The fourth-order valence-electron chi connectivity index (χ4n) is 2.81. The van der Waals surface area contributed by atoms with Crippen molar-refractivity contribution >= 4 is 28.8 Å². The Balaban J connectivity index is 1.52. The van der Waals surface area contributed by atoms with Crippen LogP contribution in [0.15, 0.2) is 71.4 Å². The molecule has 0 unspecified atom stereocenters. The van der Waals surface area contributed by atoms with Crippen molar-refractivity contribution in [1.82, 2.24) is 25.5 Å². The van der Waals surface area contributed by atoms with Gasteiger partial charge in [0.15, 0.2) is 0 Å². The zero-order chi connectivity index (χ0) is 19.3. The van der Waals surface area contributed by atoms with Gasteiger partial charge in [-0.15, -0.1) is 10.2 Å². The van der Waals surface area contributed by atoms with E-state index >= 15 is 0 Å². The summed E-state index contributed by atoms with van der Waals surface area (Å²) in [7, 11) is 0. The van der Waals surface area contributed by atoms with Crippen LogP contribution in [-0.2, 0) is 11.3 Å². The summed E-state index contributed by atoms with van der Waals surface area (Å²) < 4.78 is 0. The molecule has 8 heteroatoms. The number of aromatic nitrogens is 4. The van der Waals surface area contributed by atoms with Crippen molar-refractivity contribution in [3.8, 4) is 11.4 Å². The standard InChI is InChI=1S/C20H16ClN5OS/c21-17-8-6-15(7-9-17)19(14-4-2-1-3-5-14)22-18(27)12-26-24-20(23-25-26)16-10-11-28-13-16/h1-11,13,19H,12H2,(H,22,27)/t19-/m0/s1. The van der Waals surface area contributed by atoms with Gasteiger partial charge >= 0.3 is 0 Å². The van der Waals surface area contributed by atoms with Crippen LogP contribution in [0.3, 0.4) is 0 Å². The highest BCUT2D eigenvalue weighted by Crippen LogP contribution is 2.23. The molecule has 4 aromatic rings. The van der Waals surface area contributed by atoms with Gasteiger partial charge in [-0.3, -0.25) is 4.79 Å². The second-order valence-corrected chi connectivity index (χ2v) is 7.33. The van der Waals surface area contributed by atoms with Gasteiger partial charge in [-0.05, 0) is 39.9 Å².